The fourth-order valence-corrected chi connectivity index (χ4v) is 2.73. The van der Waals surface area contributed by atoms with Crippen LogP contribution in [0.2, 0.25) is 0 Å². The van der Waals surface area contributed by atoms with Crippen LogP contribution in [0.25, 0.3) is 11.0 Å². The molecule has 0 aliphatic carbocycles. The minimum atomic E-state index is -0.318. The Morgan fingerprint density at radius 2 is 2.09 bits per heavy atom. The number of ether oxygens (including phenoxy) is 1. The maximum Gasteiger partial charge on any atom is 0.336 e. The van der Waals surface area contributed by atoms with Gasteiger partial charge in [0.15, 0.2) is 0 Å². The zero-order valence-corrected chi connectivity index (χ0v) is 13.6. The van der Waals surface area contributed by atoms with Crippen molar-refractivity contribution in [3.63, 3.8) is 0 Å². The Hall–Kier alpha value is -2.56. The third-order valence-corrected chi connectivity index (χ3v) is 4.07. The summed E-state index contributed by atoms with van der Waals surface area (Å²) in [7, 11) is 0. The summed E-state index contributed by atoms with van der Waals surface area (Å²) in [5.41, 5.74) is 3.25. The van der Waals surface area contributed by atoms with E-state index in [4.69, 9.17) is 9.15 Å². The molecule has 0 spiro atoms. The highest BCUT2D eigenvalue weighted by Gasteiger charge is 2.11. The van der Waals surface area contributed by atoms with Gasteiger partial charge in [-0.3, -0.25) is 4.68 Å². The highest BCUT2D eigenvalue weighted by Crippen LogP contribution is 2.28. The van der Waals surface area contributed by atoms with Crippen molar-refractivity contribution in [1.82, 2.24) is 9.78 Å². The van der Waals surface area contributed by atoms with E-state index >= 15 is 0 Å². The zero-order chi connectivity index (χ0) is 16.4. The number of aromatic nitrogens is 2. The van der Waals surface area contributed by atoms with E-state index in [1.807, 2.05) is 43.7 Å². The van der Waals surface area contributed by atoms with Crippen LogP contribution in [-0.2, 0) is 13.0 Å². The van der Waals surface area contributed by atoms with Crippen molar-refractivity contribution in [3.05, 3.63) is 57.7 Å². The van der Waals surface area contributed by atoms with Crippen molar-refractivity contribution in [2.24, 2.45) is 0 Å². The summed E-state index contributed by atoms with van der Waals surface area (Å²) in [6.45, 7) is 7.14. The molecular weight excluding hydrogens is 292 g/mol. The molecule has 0 radical (unpaired) electrons. The molecule has 0 aliphatic heterocycles. The topological polar surface area (TPSA) is 57.3 Å². The Labute approximate surface area is 134 Å². The molecule has 120 valence electrons. The average molecular weight is 312 g/mol. The lowest BCUT2D eigenvalue weighted by atomic mass is 10.0. The number of benzene rings is 1. The van der Waals surface area contributed by atoms with Crippen molar-refractivity contribution in [3.8, 4) is 5.75 Å². The van der Waals surface area contributed by atoms with E-state index < -0.39 is 0 Å². The van der Waals surface area contributed by atoms with Crippen LogP contribution in [0.4, 0.5) is 0 Å². The minimum absolute atomic E-state index is 0.318. The lowest BCUT2D eigenvalue weighted by Crippen LogP contribution is -2.11. The van der Waals surface area contributed by atoms with Gasteiger partial charge in [-0.15, -0.1) is 0 Å². The first kappa shape index (κ1) is 15.3. The van der Waals surface area contributed by atoms with E-state index in [0.29, 0.717) is 18.7 Å². The van der Waals surface area contributed by atoms with Crippen molar-refractivity contribution in [2.75, 3.05) is 6.61 Å². The van der Waals surface area contributed by atoms with Crippen molar-refractivity contribution < 1.29 is 9.15 Å². The molecule has 0 unspecified atom stereocenters. The molecule has 5 heteroatoms. The molecule has 0 atom stereocenters. The van der Waals surface area contributed by atoms with Crippen LogP contribution in [0.1, 0.15) is 23.7 Å². The van der Waals surface area contributed by atoms with Crippen LogP contribution in [-0.4, -0.2) is 16.4 Å². The summed E-state index contributed by atoms with van der Waals surface area (Å²) in [4.78, 5) is 11.7. The van der Waals surface area contributed by atoms with Crippen molar-refractivity contribution in [1.29, 1.82) is 0 Å². The number of nitrogens with zero attached hydrogens (tertiary/aromatic N) is 2. The number of rotatable bonds is 5. The predicted octanol–water partition coefficient (Wildman–Crippen LogP) is 3.25. The summed E-state index contributed by atoms with van der Waals surface area (Å²) in [5.74, 6) is 0.735. The molecule has 0 saturated heterocycles. The van der Waals surface area contributed by atoms with Gasteiger partial charge in [0, 0.05) is 28.9 Å². The quantitative estimate of drug-likeness (QED) is 0.679. The van der Waals surface area contributed by atoms with E-state index in [1.54, 1.807) is 12.3 Å². The SMILES string of the molecule is CCc1cc(=O)oc2c(C)c(OCCn3nccc3C)ccc12. The summed E-state index contributed by atoms with van der Waals surface area (Å²) in [6.07, 6.45) is 2.57. The lowest BCUT2D eigenvalue weighted by molar-refractivity contribution is 0.288. The van der Waals surface area contributed by atoms with E-state index in [0.717, 1.165) is 34.4 Å². The summed E-state index contributed by atoms with van der Waals surface area (Å²) < 4.78 is 13.2. The fourth-order valence-electron chi connectivity index (χ4n) is 2.73. The van der Waals surface area contributed by atoms with Gasteiger partial charge in [-0.25, -0.2) is 4.79 Å². The summed E-state index contributed by atoms with van der Waals surface area (Å²) in [6, 6.07) is 7.41. The van der Waals surface area contributed by atoms with E-state index in [-0.39, 0.29) is 5.63 Å². The van der Waals surface area contributed by atoms with E-state index in [1.165, 1.54) is 0 Å². The number of aryl methyl sites for hydroxylation is 3. The van der Waals surface area contributed by atoms with Crippen LogP contribution >= 0.6 is 0 Å². The number of hydrogen-bond donors (Lipinski definition) is 0. The molecule has 0 aliphatic rings. The van der Waals surface area contributed by atoms with Gasteiger partial charge in [-0.1, -0.05) is 6.92 Å². The maximum atomic E-state index is 11.7. The first-order valence-electron chi connectivity index (χ1n) is 7.77. The molecule has 0 amide bonds. The highest BCUT2D eigenvalue weighted by atomic mass is 16.5. The first-order valence-corrected chi connectivity index (χ1v) is 7.77. The van der Waals surface area contributed by atoms with Gasteiger partial charge in [0.2, 0.25) is 0 Å². The molecular formula is C18H20N2O3. The van der Waals surface area contributed by atoms with Crippen molar-refractivity contribution >= 4 is 11.0 Å². The van der Waals surface area contributed by atoms with Crippen LogP contribution in [0.15, 0.2) is 39.7 Å². The molecule has 0 saturated carbocycles. The van der Waals surface area contributed by atoms with Crippen LogP contribution in [0.3, 0.4) is 0 Å². The first-order chi connectivity index (χ1) is 11.1. The van der Waals surface area contributed by atoms with Gasteiger partial charge in [0.1, 0.15) is 17.9 Å². The summed E-state index contributed by atoms with van der Waals surface area (Å²) in [5, 5.41) is 5.20. The lowest BCUT2D eigenvalue weighted by Gasteiger charge is -2.12. The summed E-state index contributed by atoms with van der Waals surface area (Å²) >= 11 is 0. The second-order valence-corrected chi connectivity index (χ2v) is 5.55. The van der Waals surface area contributed by atoms with E-state index in [2.05, 4.69) is 5.10 Å². The van der Waals surface area contributed by atoms with Gasteiger partial charge in [0.05, 0.1) is 6.54 Å². The molecule has 5 nitrogen and oxygen atoms in total. The molecule has 0 N–H and O–H groups in total. The molecule has 3 aromatic rings. The number of hydrogen-bond acceptors (Lipinski definition) is 4. The van der Waals surface area contributed by atoms with Gasteiger partial charge in [-0.2, -0.15) is 5.10 Å². The Balaban J connectivity index is 1.86. The fraction of sp³-hybridized carbons (Fsp3) is 0.333. The Kier molecular flexibility index (Phi) is 4.19. The molecule has 23 heavy (non-hydrogen) atoms. The third kappa shape index (κ3) is 2.99. The molecule has 0 fully saturated rings. The largest absolute Gasteiger partial charge is 0.491 e. The van der Waals surface area contributed by atoms with Gasteiger partial charge in [-0.05, 0) is 44.0 Å². The molecule has 3 rings (SSSR count). The zero-order valence-electron chi connectivity index (χ0n) is 13.6. The van der Waals surface area contributed by atoms with Gasteiger partial charge < -0.3 is 9.15 Å². The number of fused-ring (bicyclic) bond motifs is 1. The molecule has 2 heterocycles. The minimum Gasteiger partial charge on any atom is -0.491 e. The second-order valence-electron chi connectivity index (χ2n) is 5.55. The molecule has 1 aromatic carbocycles. The Morgan fingerprint density at radius 1 is 1.26 bits per heavy atom. The monoisotopic (exact) mass is 312 g/mol. The predicted molar refractivity (Wildman–Crippen MR) is 89.1 cm³/mol. The smallest absolute Gasteiger partial charge is 0.336 e. The maximum absolute atomic E-state index is 11.7. The van der Waals surface area contributed by atoms with Gasteiger partial charge in [0.25, 0.3) is 0 Å². The van der Waals surface area contributed by atoms with Crippen LogP contribution in [0, 0.1) is 13.8 Å². The normalized spacial score (nSPS) is 11.1. The second kappa shape index (κ2) is 6.28. The van der Waals surface area contributed by atoms with Crippen LogP contribution < -0.4 is 10.4 Å². The standard InChI is InChI=1S/C18H20N2O3/c1-4-14-11-17(21)23-18-13(3)16(6-5-15(14)18)22-10-9-20-12(2)7-8-19-20/h5-8,11H,4,9-10H2,1-3H3. The third-order valence-electron chi connectivity index (χ3n) is 4.07. The average Bonchev–Trinajstić information content (AvgIpc) is 2.94. The molecule has 2 aromatic heterocycles. The highest BCUT2D eigenvalue weighted by molar-refractivity contribution is 5.84. The molecule has 0 bridgehead atoms. The van der Waals surface area contributed by atoms with Crippen molar-refractivity contribution in [2.45, 2.75) is 33.7 Å². The Morgan fingerprint density at radius 3 is 2.78 bits per heavy atom. The van der Waals surface area contributed by atoms with Gasteiger partial charge >= 0.3 is 5.63 Å². The van der Waals surface area contributed by atoms with Crippen LogP contribution in [0.5, 0.6) is 5.75 Å². The Bertz CT molecular complexity index is 893. The van der Waals surface area contributed by atoms with E-state index in [9.17, 15) is 4.79 Å².